The van der Waals surface area contributed by atoms with E-state index in [4.69, 9.17) is 16.3 Å². The van der Waals surface area contributed by atoms with Gasteiger partial charge in [0.1, 0.15) is 17.2 Å². The van der Waals surface area contributed by atoms with Crippen molar-refractivity contribution in [3.8, 4) is 11.5 Å². The Morgan fingerprint density at radius 1 is 1.29 bits per heavy atom. The number of fused-ring (bicyclic) bond motifs is 3. The van der Waals surface area contributed by atoms with Crippen LogP contribution in [0.4, 0.5) is 18.9 Å². The molecule has 0 radical (unpaired) electrons. The summed E-state index contributed by atoms with van der Waals surface area (Å²) in [6.07, 6.45) is -2.17. The van der Waals surface area contributed by atoms with Crippen LogP contribution in [0.3, 0.4) is 0 Å². The molecule has 0 aliphatic carbocycles. The molecule has 0 unspecified atom stereocenters. The fourth-order valence-corrected chi connectivity index (χ4v) is 4.40. The molecule has 1 amide bonds. The van der Waals surface area contributed by atoms with Gasteiger partial charge >= 0.3 is 12.1 Å². The molecular formula is C23H18ClF3N2O5. The number of aromatic amines is 1. The number of aromatic hydroxyl groups is 1. The Kier molecular flexibility index (Phi) is 5.94. The highest BCUT2D eigenvalue weighted by atomic mass is 35.5. The topological polar surface area (TPSA) is 103 Å². The zero-order valence-corrected chi connectivity index (χ0v) is 18.4. The van der Waals surface area contributed by atoms with E-state index in [0.717, 1.165) is 6.07 Å². The first kappa shape index (κ1) is 23.5. The lowest BCUT2D eigenvalue weighted by Gasteiger charge is -2.16. The maximum absolute atomic E-state index is 13.5. The van der Waals surface area contributed by atoms with E-state index in [0.29, 0.717) is 11.3 Å². The molecule has 1 atom stereocenters. The number of halogens is 4. The number of carbonyl (C=O) groups excluding carboxylic acids is 1. The lowest BCUT2D eigenvalue weighted by molar-refractivity contribution is -0.141. The number of aromatic carboxylic acids is 1. The van der Waals surface area contributed by atoms with Gasteiger partial charge in [0.15, 0.2) is 0 Å². The van der Waals surface area contributed by atoms with E-state index in [1.165, 1.54) is 18.1 Å². The predicted octanol–water partition coefficient (Wildman–Crippen LogP) is 4.98. The lowest BCUT2D eigenvalue weighted by atomic mass is 9.95. The van der Waals surface area contributed by atoms with Gasteiger partial charge in [0.25, 0.3) is 5.91 Å². The van der Waals surface area contributed by atoms with Gasteiger partial charge in [-0.05, 0) is 29.3 Å². The number of rotatable bonds is 5. The molecule has 0 saturated carbocycles. The summed E-state index contributed by atoms with van der Waals surface area (Å²) in [6, 6.07) is 8.03. The summed E-state index contributed by atoms with van der Waals surface area (Å²) >= 11 is 6.07. The van der Waals surface area contributed by atoms with Gasteiger partial charge in [0.05, 0.1) is 23.9 Å². The minimum Gasteiger partial charge on any atom is -0.506 e. The van der Waals surface area contributed by atoms with E-state index in [1.54, 1.807) is 30.3 Å². The van der Waals surface area contributed by atoms with Gasteiger partial charge in [0.2, 0.25) is 0 Å². The number of amides is 1. The molecule has 178 valence electrons. The summed E-state index contributed by atoms with van der Waals surface area (Å²) in [5, 5.41) is 19.7. The zero-order chi connectivity index (χ0) is 24.8. The number of carboxylic acids is 1. The summed E-state index contributed by atoms with van der Waals surface area (Å²) < 4.78 is 45.7. The molecule has 7 nitrogen and oxygen atoms in total. The van der Waals surface area contributed by atoms with E-state index < -0.39 is 41.0 Å². The molecule has 0 bridgehead atoms. The van der Waals surface area contributed by atoms with Crippen molar-refractivity contribution < 1.29 is 37.7 Å². The second-order valence-corrected chi connectivity index (χ2v) is 7.97. The summed E-state index contributed by atoms with van der Waals surface area (Å²) in [5.74, 6) is -3.02. The van der Waals surface area contributed by atoms with Crippen molar-refractivity contribution in [1.82, 2.24) is 4.98 Å². The van der Waals surface area contributed by atoms with Crippen molar-refractivity contribution in [2.75, 3.05) is 24.4 Å². The number of carboxylic acid groups (broad SMARTS) is 1. The van der Waals surface area contributed by atoms with Crippen LogP contribution >= 0.6 is 11.6 Å². The van der Waals surface area contributed by atoms with Crippen molar-refractivity contribution in [3.63, 3.8) is 0 Å². The number of phenolic OH excluding ortho intramolecular Hbond substituents is 1. The number of benzene rings is 2. The number of hydrogen-bond donors (Lipinski definition) is 3. The monoisotopic (exact) mass is 494 g/mol. The van der Waals surface area contributed by atoms with Crippen molar-refractivity contribution >= 4 is 46.1 Å². The Morgan fingerprint density at radius 3 is 2.53 bits per heavy atom. The van der Waals surface area contributed by atoms with E-state index >= 15 is 0 Å². The third-order valence-corrected chi connectivity index (χ3v) is 6.03. The molecule has 2 heterocycles. The summed E-state index contributed by atoms with van der Waals surface area (Å²) in [4.78, 5) is 28.1. The van der Waals surface area contributed by atoms with Crippen LogP contribution in [0.25, 0.3) is 17.0 Å². The molecule has 1 aromatic heterocycles. The van der Waals surface area contributed by atoms with Crippen LogP contribution in [0.15, 0.2) is 36.4 Å². The standard InChI is InChI=1S/C23H18ClF3N2O5/c1-34-13-5-2-11(3-6-13)4-7-16(31)29-10-12(9-24)17-14(29)8-15(30)20-18(17)19(22(32)33)21(28-20)23(25,26)27/h2-8,12,28,30H,9-10H2,1H3,(H,32,33)/b7-4+/t12-/m1/s1. The van der Waals surface area contributed by atoms with Crippen LogP contribution in [-0.4, -0.2) is 46.6 Å². The Hall–Kier alpha value is -3.66. The SMILES string of the molecule is COc1ccc(/C=C/C(=O)N2C[C@@H](CCl)c3c2cc(O)c2[nH]c(C(F)(F)F)c(C(=O)O)c32)cc1. The molecule has 3 aromatic rings. The van der Waals surface area contributed by atoms with Gasteiger partial charge in [-0.25, -0.2) is 4.79 Å². The normalized spacial score (nSPS) is 15.8. The first-order valence-electron chi connectivity index (χ1n) is 9.98. The molecule has 4 rings (SSSR count). The van der Waals surface area contributed by atoms with Gasteiger partial charge in [-0.3, -0.25) is 4.79 Å². The third kappa shape index (κ3) is 3.94. The molecule has 1 aliphatic rings. The maximum atomic E-state index is 13.5. The number of nitrogens with one attached hydrogen (secondary N) is 1. The summed E-state index contributed by atoms with van der Waals surface area (Å²) in [5.41, 5.74) is -1.91. The number of nitrogens with zero attached hydrogens (tertiary/aromatic N) is 1. The number of anilines is 1. The van der Waals surface area contributed by atoms with Crippen LogP contribution in [0, 0.1) is 0 Å². The number of hydrogen-bond acceptors (Lipinski definition) is 4. The average molecular weight is 495 g/mol. The maximum Gasteiger partial charge on any atom is 0.432 e. The molecule has 11 heteroatoms. The number of ether oxygens (including phenoxy) is 1. The zero-order valence-electron chi connectivity index (χ0n) is 17.6. The molecule has 0 fully saturated rings. The molecule has 2 aromatic carbocycles. The summed E-state index contributed by atoms with van der Waals surface area (Å²) in [7, 11) is 1.52. The number of aromatic nitrogens is 1. The van der Waals surface area contributed by atoms with Gasteiger partial charge in [-0.1, -0.05) is 12.1 Å². The number of phenols is 1. The van der Waals surface area contributed by atoms with Crippen LogP contribution in [-0.2, 0) is 11.0 Å². The van der Waals surface area contributed by atoms with Crippen LogP contribution in [0.5, 0.6) is 11.5 Å². The van der Waals surface area contributed by atoms with E-state index in [9.17, 15) is 33.0 Å². The second kappa shape index (κ2) is 8.60. The largest absolute Gasteiger partial charge is 0.506 e. The number of methoxy groups -OCH3 is 1. The molecule has 3 N–H and O–H groups in total. The number of H-pyrrole nitrogens is 1. The van der Waals surface area contributed by atoms with Gasteiger partial charge in [-0.2, -0.15) is 13.2 Å². The average Bonchev–Trinajstić information content (AvgIpc) is 3.37. The Bertz CT molecular complexity index is 1320. The molecular weight excluding hydrogens is 477 g/mol. The van der Waals surface area contributed by atoms with Crippen LogP contribution < -0.4 is 9.64 Å². The Morgan fingerprint density at radius 2 is 1.97 bits per heavy atom. The Labute approximate surface area is 196 Å². The number of carbonyl (C=O) groups is 2. The first-order valence-corrected chi connectivity index (χ1v) is 10.5. The van der Waals surface area contributed by atoms with Gasteiger partial charge < -0.3 is 24.8 Å². The summed E-state index contributed by atoms with van der Waals surface area (Å²) in [6.45, 7) is 0.00869. The highest BCUT2D eigenvalue weighted by Crippen LogP contribution is 2.48. The van der Waals surface area contributed by atoms with Gasteiger partial charge in [-0.15, -0.1) is 11.6 Å². The second-order valence-electron chi connectivity index (χ2n) is 7.66. The fourth-order valence-electron chi connectivity index (χ4n) is 4.15. The fraction of sp³-hybridized carbons (Fsp3) is 0.217. The minimum absolute atomic E-state index is 0.00869. The Balaban J connectivity index is 1.82. The highest BCUT2D eigenvalue weighted by Gasteiger charge is 2.43. The van der Waals surface area contributed by atoms with Crippen molar-refractivity contribution in [3.05, 3.63) is 58.8 Å². The van der Waals surface area contributed by atoms with Crippen molar-refractivity contribution in [1.29, 1.82) is 0 Å². The molecule has 0 saturated heterocycles. The molecule has 34 heavy (non-hydrogen) atoms. The molecule has 0 spiro atoms. The van der Waals surface area contributed by atoms with E-state index in [2.05, 4.69) is 0 Å². The smallest absolute Gasteiger partial charge is 0.432 e. The minimum atomic E-state index is -5.00. The van der Waals surface area contributed by atoms with Crippen LogP contribution in [0.2, 0.25) is 0 Å². The number of alkyl halides is 4. The lowest BCUT2D eigenvalue weighted by Crippen LogP contribution is -2.28. The quantitative estimate of drug-likeness (QED) is 0.343. The van der Waals surface area contributed by atoms with E-state index in [-0.39, 0.29) is 34.6 Å². The van der Waals surface area contributed by atoms with Gasteiger partial charge in [0, 0.05) is 35.9 Å². The van der Waals surface area contributed by atoms with Crippen molar-refractivity contribution in [2.24, 2.45) is 0 Å². The predicted molar refractivity (Wildman–Crippen MR) is 120 cm³/mol. The third-order valence-electron chi connectivity index (χ3n) is 5.66. The van der Waals surface area contributed by atoms with Crippen LogP contribution in [0.1, 0.15) is 33.1 Å². The van der Waals surface area contributed by atoms with Crippen molar-refractivity contribution in [2.45, 2.75) is 12.1 Å². The highest BCUT2D eigenvalue weighted by molar-refractivity contribution is 6.20. The first-order chi connectivity index (χ1) is 16.1. The van der Waals surface area contributed by atoms with E-state index in [1.807, 2.05) is 4.98 Å². The molecule has 1 aliphatic heterocycles.